The average molecular weight is 157 g/mol. The molecule has 0 spiro atoms. The number of hydrogen-bond donors (Lipinski definition) is 1. The number of nitrogens with two attached hydrogens (primary N) is 1. The Kier molecular flexibility index (Phi) is 3.90. The first-order chi connectivity index (χ1) is 3.25. The van der Waals surface area contributed by atoms with Crippen molar-refractivity contribution in [2.24, 2.45) is 5.14 Å². The standard InChI is InChI=1S/CH2F3NO2S.Li.H/c2-1(3,4)8(5,6)7;;/h(H2,5,6,7);;/q;+1;-1. The van der Waals surface area contributed by atoms with E-state index >= 15 is 0 Å². The van der Waals surface area contributed by atoms with Gasteiger partial charge < -0.3 is 1.43 Å². The fourth-order valence-electron chi connectivity index (χ4n) is 0. The van der Waals surface area contributed by atoms with Crippen LogP contribution in [-0.4, -0.2) is 13.9 Å². The van der Waals surface area contributed by atoms with E-state index in [9.17, 15) is 21.6 Å². The maximum atomic E-state index is 10.8. The Morgan fingerprint density at radius 1 is 1.33 bits per heavy atom. The Morgan fingerprint density at radius 3 is 1.44 bits per heavy atom. The molecule has 0 bridgehead atoms. The van der Waals surface area contributed by atoms with Crippen molar-refractivity contribution in [2.45, 2.75) is 5.51 Å². The second-order valence-corrected chi connectivity index (χ2v) is 2.54. The van der Waals surface area contributed by atoms with Crippen molar-refractivity contribution in [3.8, 4) is 0 Å². The third-order valence-corrected chi connectivity index (χ3v) is 0.968. The number of sulfonamides is 1. The van der Waals surface area contributed by atoms with E-state index in [1.54, 1.807) is 0 Å². The van der Waals surface area contributed by atoms with Crippen LogP contribution in [-0.2, 0) is 10.0 Å². The molecule has 0 aliphatic rings. The molecule has 0 aromatic carbocycles. The van der Waals surface area contributed by atoms with Gasteiger partial charge in [0.15, 0.2) is 0 Å². The molecule has 52 valence electrons. The van der Waals surface area contributed by atoms with E-state index in [1.165, 1.54) is 0 Å². The maximum Gasteiger partial charge on any atom is 1.00 e. The molecule has 0 saturated heterocycles. The van der Waals surface area contributed by atoms with Crippen LogP contribution in [0, 0.1) is 0 Å². The van der Waals surface area contributed by atoms with Crippen molar-refractivity contribution < 1.29 is 41.9 Å². The first-order valence-electron chi connectivity index (χ1n) is 1.34. The molecule has 0 heterocycles. The zero-order chi connectivity index (χ0) is 7.00. The van der Waals surface area contributed by atoms with Gasteiger partial charge in [-0.1, -0.05) is 0 Å². The molecule has 8 heteroatoms. The Labute approximate surface area is 63.1 Å². The second kappa shape index (κ2) is 2.92. The van der Waals surface area contributed by atoms with E-state index in [1.807, 2.05) is 0 Å². The fourth-order valence-corrected chi connectivity index (χ4v) is 0. The smallest absolute Gasteiger partial charge is 1.00 e. The van der Waals surface area contributed by atoms with E-state index in [4.69, 9.17) is 0 Å². The van der Waals surface area contributed by atoms with Crippen molar-refractivity contribution in [1.82, 2.24) is 0 Å². The summed E-state index contributed by atoms with van der Waals surface area (Å²) in [5, 5.41) is 3.66. The number of rotatable bonds is 0. The molecule has 9 heavy (non-hydrogen) atoms. The van der Waals surface area contributed by atoms with Crippen LogP contribution >= 0.6 is 0 Å². The average Bonchev–Trinajstić information content (AvgIpc) is 1.25. The molecule has 0 aliphatic heterocycles. The Hall–Kier alpha value is 0.297. The van der Waals surface area contributed by atoms with E-state index in [2.05, 4.69) is 5.14 Å². The van der Waals surface area contributed by atoms with Crippen molar-refractivity contribution in [1.29, 1.82) is 0 Å². The van der Waals surface area contributed by atoms with Crippen molar-refractivity contribution in [3.05, 3.63) is 0 Å². The van der Waals surface area contributed by atoms with E-state index in [0.29, 0.717) is 0 Å². The predicted molar refractivity (Wildman–Crippen MR) is 20.3 cm³/mol. The maximum absolute atomic E-state index is 10.8. The molecule has 0 aliphatic carbocycles. The predicted octanol–water partition coefficient (Wildman–Crippen LogP) is -3.09. The second-order valence-electron chi connectivity index (χ2n) is 0.991. The minimum Gasteiger partial charge on any atom is -1.00 e. The summed E-state index contributed by atoms with van der Waals surface area (Å²) in [7, 11) is -5.34. The molecule has 0 saturated carbocycles. The summed E-state index contributed by atoms with van der Waals surface area (Å²) in [5.41, 5.74) is -5.31. The first kappa shape index (κ1) is 12.0. The minimum absolute atomic E-state index is 0. The molecule has 0 aromatic heterocycles. The van der Waals surface area contributed by atoms with Gasteiger partial charge in [0.25, 0.3) is 0 Å². The van der Waals surface area contributed by atoms with E-state index in [-0.39, 0.29) is 20.3 Å². The Bertz CT molecular complexity index is 175. The summed E-state index contributed by atoms with van der Waals surface area (Å²) in [4.78, 5) is 0. The molecule has 0 amide bonds. The van der Waals surface area contributed by atoms with Crippen LogP contribution in [0.2, 0.25) is 0 Å². The van der Waals surface area contributed by atoms with Gasteiger partial charge in [0.2, 0.25) is 0 Å². The van der Waals surface area contributed by atoms with E-state index in [0.717, 1.165) is 0 Å². The molecule has 0 aromatic rings. The van der Waals surface area contributed by atoms with Crippen LogP contribution < -0.4 is 24.0 Å². The SMILES string of the molecule is NS(=O)(=O)C(F)(F)F.[H-].[Li+]. The van der Waals surface area contributed by atoms with Crippen LogP contribution in [0.3, 0.4) is 0 Å². The van der Waals surface area contributed by atoms with Gasteiger partial charge in [0, 0.05) is 0 Å². The van der Waals surface area contributed by atoms with Gasteiger partial charge in [-0.15, -0.1) is 0 Å². The molecular weight excluding hydrogens is 154 g/mol. The fraction of sp³-hybridized carbons (Fsp3) is 1.00. The Balaban J connectivity index is -0.000000245. The largest absolute Gasteiger partial charge is 1.00 e. The topological polar surface area (TPSA) is 60.2 Å². The summed E-state index contributed by atoms with van der Waals surface area (Å²) in [6.07, 6.45) is 0. The van der Waals surface area contributed by atoms with E-state index < -0.39 is 15.5 Å². The molecule has 0 rings (SSSR count). The van der Waals surface area contributed by atoms with Gasteiger partial charge in [-0.2, -0.15) is 13.2 Å². The summed E-state index contributed by atoms with van der Waals surface area (Å²) in [6, 6.07) is 0. The van der Waals surface area contributed by atoms with Gasteiger partial charge in [-0.05, 0) is 0 Å². The number of halogens is 3. The Morgan fingerprint density at radius 2 is 1.44 bits per heavy atom. The van der Waals surface area contributed by atoms with Crippen molar-refractivity contribution in [2.75, 3.05) is 0 Å². The number of primary sulfonamides is 1. The molecule has 0 fully saturated rings. The molecule has 2 N–H and O–H groups in total. The monoisotopic (exact) mass is 157 g/mol. The normalized spacial score (nSPS) is 12.4. The minimum atomic E-state index is -5.34. The van der Waals surface area contributed by atoms with Crippen molar-refractivity contribution in [3.63, 3.8) is 0 Å². The molecule has 3 nitrogen and oxygen atoms in total. The van der Waals surface area contributed by atoms with Crippen LogP contribution in [0.1, 0.15) is 1.43 Å². The van der Waals surface area contributed by atoms with Gasteiger partial charge in [-0.3, -0.25) is 0 Å². The van der Waals surface area contributed by atoms with Gasteiger partial charge >= 0.3 is 34.4 Å². The summed E-state index contributed by atoms with van der Waals surface area (Å²) in [6.45, 7) is 0. The van der Waals surface area contributed by atoms with Crippen molar-refractivity contribution >= 4 is 10.0 Å². The van der Waals surface area contributed by atoms with Crippen LogP contribution in [0.25, 0.3) is 0 Å². The van der Waals surface area contributed by atoms with Gasteiger partial charge in [0.05, 0.1) is 0 Å². The number of alkyl halides is 3. The molecule has 0 radical (unpaired) electrons. The summed E-state index contributed by atoms with van der Waals surface area (Å²) >= 11 is 0. The zero-order valence-corrected chi connectivity index (χ0v) is 5.25. The third-order valence-electron chi connectivity index (χ3n) is 0.323. The van der Waals surface area contributed by atoms with Crippen LogP contribution in [0.5, 0.6) is 0 Å². The third kappa shape index (κ3) is 3.81. The zero-order valence-electron chi connectivity index (χ0n) is 5.44. The van der Waals surface area contributed by atoms with Crippen LogP contribution in [0.4, 0.5) is 13.2 Å². The molecule has 0 unspecified atom stereocenters. The van der Waals surface area contributed by atoms with Gasteiger partial charge in [-0.25, -0.2) is 13.6 Å². The number of hydrogen-bond acceptors (Lipinski definition) is 2. The summed E-state index contributed by atoms with van der Waals surface area (Å²) < 4.78 is 51.2. The molecule has 0 atom stereocenters. The quantitative estimate of drug-likeness (QED) is 0.379. The molecular formula is CH3F3LiNO2S. The van der Waals surface area contributed by atoms with Gasteiger partial charge in [0.1, 0.15) is 0 Å². The first-order valence-corrected chi connectivity index (χ1v) is 2.89. The van der Waals surface area contributed by atoms with Crippen LogP contribution in [0.15, 0.2) is 0 Å². The summed E-state index contributed by atoms with van der Waals surface area (Å²) in [5.74, 6) is 0.